The lowest BCUT2D eigenvalue weighted by atomic mass is 10.1. The van der Waals surface area contributed by atoms with Crippen molar-refractivity contribution in [3.63, 3.8) is 0 Å². The Hall–Kier alpha value is -1.55. The first-order valence-electron chi connectivity index (χ1n) is 5.15. The molecular weight excluding hydrogens is 208 g/mol. The van der Waals surface area contributed by atoms with Gasteiger partial charge < -0.3 is 14.6 Å². The van der Waals surface area contributed by atoms with Gasteiger partial charge in [-0.15, -0.1) is 0 Å². The van der Waals surface area contributed by atoms with Gasteiger partial charge in [0.1, 0.15) is 5.75 Å². The number of aliphatic hydroxyl groups excluding tert-OH is 1. The summed E-state index contributed by atoms with van der Waals surface area (Å²) in [5.74, 6) is 0.248. The van der Waals surface area contributed by atoms with E-state index < -0.39 is 12.1 Å². The van der Waals surface area contributed by atoms with Crippen LogP contribution in [-0.2, 0) is 9.53 Å². The Bertz CT molecular complexity index is 349. The number of rotatable bonds is 5. The SMILES string of the molecule is CCOC(=O)CC(O)c1cccc(OC)c1. The fourth-order valence-electron chi connectivity index (χ4n) is 1.34. The van der Waals surface area contributed by atoms with Crippen LogP contribution < -0.4 is 4.74 Å². The van der Waals surface area contributed by atoms with Gasteiger partial charge in [-0.2, -0.15) is 0 Å². The number of methoxy groups -OCH3 is 1. The van der Waals surface area contributed by atoms with E-state index in [-0.39, 0.29) is 6.42 Å². The highest BCUT2D eigenvalue weighted by atomic mass is 16.5. The van der Waals surface area contributed by atoms with E-state index in [0.29, 0.717) is 17.9 Å². The van der Waals surface area contributed by atoms with Crippen molar-refractivity contribution in [3.8, 4) is 5.75 Å². The van der Waals surface area contributed by atoms with Crippen molar-refractivity contribution in [3.05, 3.63) is 29.8 Å². The first kappa shape index (κ1) is 12.5. The molecule has 0 amide bonds. The number of hydrogen-bond acceptors (Lipinski definition) is 4. The third-order valence-corrected chi connectivity index (χ3v) is 2.14. The Kier molecular flexibility index (Phi) is 4.79. The molecule has 0 spiro atoms. The zero-order chi connectivity index (χ0) is 12.0. The van der Waals surface area contributed by atoms with Crippen molar-refractivity contribution in [2.45, 2.75) is 19.4 Å². The van der Waals surface area contributed by atoms with Gasteiger partial charge in [0, 0.05) is 0 Å². The minimum Gasteiger partial charge on any atom is -0.497 e. The van der Waals surface area contributed by atoms with Gasteiger partial charge in [-0.05, 0) is 24.6 Å². The highest BCUT2D eigenvalue weighted by Gasteiger charge is 2.14. The van der Waals surface area contributed by atoms with E-state index in [0.717, 1.165) is 0 Å². The van der Waals surface area contributed by atoms with Crippen LogP contribution in [0.5, 0.6) is 5.75 Å². The highest BCUT2D eigenvalue weighted by Crippen LogP contribution is 2.21. The molecule has 0 saturated heterocycles. The molecule has 0 fully saturated rings. The second-order valence-corrected chi connectivity index (χ2v) is 3.30. The number of ether oxygens (including phenoxy) is 2. The molecule has 1 atom stereocenters. The quantitative estimate of drug-likeness (QED) is 0.773. The minimum absolute atomic E-state index is 0.0407. The molecule has 16 heavy (non-hydrogen) atoms. The van der Waals surface area contributed by atoms with Gasteiger partial charge in [0.25, 0.3) is 0 Å². The maximum atomic E-state index is 11.2. The standard InChI is InChI=1S/C12H16O4/c1-3-16-12(14)8-11(13)9-5-4-6-10(7-9)15-2/h4-7,11,13H,3,8H2,1-2H3. The largest absolute Gasteiger partial charge is 0.497 e. The average Bonchev–Trinajstić information content (AvgIpc) is 2.29. The number of aliphatic hydroxyl groups is 1. The van der Waals surface area contributed by atoms with Gasteiger partial charge in [0.15, 0.2) is 0 Å². The third kappa shape index (κ3) is 3.55. The van der Waals surface area contributed by atoms with Crippen LogP contribution in [0.4, 0.5) is 0 Å². The summed E-state index contributed by atoms with van der Waals surface area (Å²) in [5, 5.41) is 9.78. The molecule has 1 rings (SSSR count). The lowest BCUT2D eigenvalue weighted by molar-refractivity contribution is -0.145. The number of hydrogen-bond donors (Lipinski definition) is 1. The van der Waals surface area contributed by atoms with E-state index in [1.807, 2.05) is 0 Å². The van der Waals surface area contributed by atoms with Gasteiger partial charge in [0.2, 0.25) is 0 Å². The van der Waals surface area contributed by atoms with E-state index >= 15 is 0 Å². The number of carbonyl (C=O) groups is 1. The van der Waals surface area contributed by atoms with Crippen LogP contribution in [-0.4, -0.2) is 24.8 Å². The molecule has 88 valence electrons. The van der Waals surface area contributed by atoms with Gasteiger partial charge >= 0.3 is 5.97 Å². The number of esters is 1. The molecule has 0 bridgehead atoms. The number of carbonyl (C=O) groups excluding carboxylic acids is 1. The third-order valence-electron chi connectivity index (χ3n) is 2.14. The molecule has 0 radical (unpaired) electrons. The summed E-state index contributed by atoms with van der Waals surface area (Å²) in [4.78, 5) is 11.2. The van der Waals surface area contributed by atoms with E-state index in [9.17, 15) is 9.90 Å². The number of benzene rings is 1. The lowest BCUT2D eigenvalue weighted by Crippen LogP contribution is -2.10. The fraction of sp³-hybridized carbons (Fsp3) is 0.417. The Labute approximate surface area is 94.8 Å². The van der Waals surface area contributed by atoms with E-state index in [1.54, 1.807) is 38.3 Å². The van der Waals surface area contributed by atoms with E-state index in [2.05, 4.69) is 0 Å². The molecule has 1 aromatic rings. The molecular formula is C12H16O4. The Morgan fingerprint density at radius 3 is 2.88 bits per heavy atom. The molecule has 4 nitrogen and oxygen atoms in total. The van der Waals surface area contributed by atoms with Crippen molar-refractivity contribution in [2.24, 2.45) is 0 Å². The van der Waals surface area contributed by atoms with E-state index in [1.165, 1.54) is 0 Å². The molecule has 4 heteroatoms. The summed E-state index contributed by atoms with van der Waals surface area (Å²) in [6.45, 7) is 2.06. The van der Waals surface area contributed by atoms with Crippen molar-refractivity contribution in [1.29, 1.82) is 0 Å². The maximum Gasteiger partial charge on any atom is 0.308 e. The molecule has 1 unspecified atom stereocenters. The predicted molar refractivity (Wildman–Crippen MR) is 59.2 cm³/mol. The molecule has 0 aliphatic rings. The Morgan fingerprint density at radius 2 is 2.25 bits per heavy atom. The summed E-state index contributed by atoms with van der Waals surface area (Å²) in [5.41, 5.74) is 0.646. The second kappa shape index (κ2) is 6.12. The summed E-state index contributed by atoms with van der Waals surface area (Å²) in [6, 6.07) is 6.99. The van der Waals surface area contributed by atoms with Crippen LogP contribution in [0, 0.1) is 0 Å². The lowest BCUT2D eigenvalue weighted by Gasteiger charge is -2.11. The highest BCUT2D eigenvalue weighted by molar-refractivity contribution is 5.70. The van der Waals surface area contributed by atoms with Gasteiger partial charge in [0.05, 0.1) is 26.2 Å². The molecule has 0 aliphatic heterocycles. The second-order valence-electron chi connectivity index (χ2n) is 3.30. The summed E-state index contributed by atoms with van der Waals surface area (Å²) in [7, 11) is 1.55. The molecule has 1 N–H and O–H groups in total. The molecule has 0 aliphatic carbocycles. The average molecular weight is 224 g/mol. The molecule has 0 aromatic heterocycles. The zero-order valence-electron chi connectivity index (χ0n) is 9.47. The van der Waals surface area contributed by atoms with Crippen molar-refractivity contribution < 1.29 is 19.4 Å². The van der Waals surface area contributed by atoms with Crippen molar-refractivity contribution >= 4 is 5.97 Å². The van der Waals surface area contributed by atoms with Crippen LogP contribution in [0.15, 0.2) is 24.3 Å². The first-order chi connectivity index (χ1) is 7.67. The summed E-state index contributed by atoms with van der Waals surface area (Å²) in [6.07, 6.45) is -0.893. The molecule has 1 aromatic carbocycles. The fourth-order valence-corrected chi connectivity index (χ4v) is 1.34. The van der Waals surface area contributed by atoms with Gasteiger partial charge in [-0.1, -0.05) is 12.1 Å². The predicted octanol–water partition coefficient (Wildman–Crippen LogP) is 1.68. The van der Waals surface area contributed by atoms with Crippen LogP contribution in [0.25, 0.3) is 0 Å². The van der Waals surface area contributed by atoms with Crippen LogP contribution >= 0.6 is 0 Å². The molecule has 0 saturated carbocycles. The Balaban J connectivity index is 2.64. The van der Waals surface area contributed by atoms with E-state index in [4.69, 9.17) is 9.47 Å². The molecule has 0 heterocycles. The van der Waals surface area contributed by atoms with Crippen LogP contribution in [0.1, 0.15) is 25.0 Å². The first-order valence-corrected chi connectivity index (χ1v) is 5.15. The minimum atomic E-state index is -0.853. The van der Waals surface area contributed by atoms with Crippen molar-refractivity contribution in [1.82, 2.24) is 0 Å². The zero-order valence-corrected chi connectivity index (χ0v) is 9.47. The summed E-state index contributed by atoms with van der Waals surface area (Å²) < 4.78 is 9.79. The van der Waals surface area contributed by atoms with Gasteiger partial charge in [-0.3, -0.25) is 4.79 Å². The van der Waals surface area contributed by atoms with Crippen LogP contribution in [0.2, 0.25) is 0 Å². The topological polar surface area (TPSA) is 55.8 Å². The van der Waals surface area contributed by atoms with Crippen molar-refractivity contribution in [2.75, 3.05) is 13.7 Å². The van der Waals surface area contributed by atoms with Gasteiger partial charge in [-0.25, -0.2) is 0 Å². The normalized spacial score (nSPS) is 11.9. The monoisotopic (exact) mass is 224 g/mol. The smallest absolute Gasteiger partial charge is 0.308 e. The summed E-state index contributed by atoms with van der Waals surface area (Å²) >= 11 is 0. The maximum absolute atomic E-state index is 11.2. The Morgan fingerprint density at radius 1 is 1.50 bits per heavy atom. The van der Waals surface area contributed by atoms with Crippen LogP contribution in [0.3, 0.4) is 0 Å².